The monoisotopic (exact) mass is 1720 g/mol. The molecule has 666 valence electrons. The maximum Gasteiger partial charge on any atom is 0.340 e. The van der Waals surface area contributed by atoms with Gasteiger partial charge in [0.05, 0.1) is 55.0 Å². The van der Waals surface area contributed by atoms with Gasteiger partial charge in [-0.2, -0.15) is 0 Å². The van der Waals surface area contributed by atoms with E-state index in [1.807, 2.05) is 18.7 Å². The average molecular weight is 1720 g/mol. The van der Waals surface area contributed by atoms with Crippen molar-refractivity contribution < 1.29 is 138 Å². The van der Waals surface area contributed by atoms with Gasteiger partial charge in [0.25, 0.3) is 24.7 Å². The molecule has 0 spiro atoms. The van der Waals surface area contributed by atoms with Gasteiger partial charge in [0.1, 0.15) is 72.1 Å². The van der Waals surface area contributed by atoms with Gasteiger partial charge < -0.3 is 93.0 Å². The molecular weight excluding hydrogens is 1610 g/mol. The maximum atomic E-state index is 14.8. The Hall–Kier alpha value is -8.90. The lowest BCUT2D eigenvalue weighted by Gasteiger charge is -2.68. The number of nitrogens with one attached hydrogen (secondary N) is 2. The van der Waals surface area contributed by atoms with Crippen LogP contribution in [0.25, 0.3) is 0 Å². The summed E-state index contributed by atoms with van der Waals surface area (Å²) in [4.78, 5) is 111. The number of aliphatic hydroxyl groups is 5. The van der Waals surface area contributed by atoms with Gasteiger partial charge in [0.15, 0.2) is 35.0 Å². The molecule has 5 heterocycles. The summed E-state index contributed by atoms with van der Waals surface area (Å²) in [6.45, 7) is 22.9. The number of ether oxygens (including phenoxy) is 12. The Morgan fingerprint density at radius 2 is 0.927 bits per heavy atom. The summed E-state index contributed by atoms with van der Waals surface area (Å²) in [6.07, 6.45) is -16.7. The van der Waals surface area contributed by atoms with Crippen LogP contribution in [0.3, 0.4) is 0 Å². The highest BCUT2D eigenvalue weighted by Crippen LogP contribution is 2.70. The molecule has 11 aliphatic rings. The normalized spacial score (nSPS) is 36.2. The molecule has 6 aliphatic carbocycles. The lowest BCUT2D eigenvalue weighted by molar-refractivity contribution is -0.346. The highest BCUT2D eigenvalue weighted by molar-refractivity contribution is 5.96. The molecule has 7 N–H and O–H groups in total. The molecule has 28 nitrogen and oxygen atoms in total. The second kappa shape index (κ2) is 33.5. The van der Waals surface area contributed by atoms with Crippen molar-refractivity contribution in [3.63, 3.8) is 0 Å². The van der Waals surface area contributed by atoms with Crippen molar-refractivity contribution in [3.05, 3.63) is 179 Å². The number of amides is 2. The molecule has 0 aromatic heterocycles. The summed E-state index contributed by atoms with van der Waals surface area (Å²) in [6, 6.07) is 26.2. The first-order valence-corrected chi connectivity index (χ1v) is 41.7. The number of alkyl halides is 4. The molecule has 4 aromatic carbocycles. The summed E-state index contributed by atoms with van der Waals surface area (Å²) in [5, 5.41) is 65.0. The van der Waals surface area contributed by atoms with Crippen molar-refractivity contribution in [3.8, 4) is 0 Å². The number of carbonyl (C=O) groups excluding carboxylic acids is 8. The minimum atomic E-state index is -3.44. The van der Waals surface area contributed by atoms with Crippen molar-refractivity contribution in [2.45, 2.75) is 266 Å². The van der Waals surface area contributed by atoms with Crippen LogP contribution in [-0.2, 0) is 76.0 Å². The molecule has 0 unspecified atom stereocenters. The molecule has 25 atom stereocenters. The van der Waals surface area contributed by atoms with E-state index >= 15 is 0 Å². The Morgan fingerprint density at radius 3 is 1.26 bits per heavy atom. The molecule has 5 saturated heterocycles. The Labute approximate surface area is 709 Å². The number of likely N-dealkylation sites (tertiary alicyclic amines) is 1. The van der Waals surface area contributed by atoms with E-state index in [2.05, 4.69) is 17.2 Å². The van der Waals surface area contributed by atoms with Gasteiger partial charge in [-0.1, -0.05) is 121 Å². The third-order valence-corrected chi connectivity index (χ3v) is 28.8. The number of nitrogens with zero attached hydrogens (tertiary/aromatic N) is 1. The van der Waals surface area contributed by atoms with E-state index in [1.165, 1.54) is 68.5 Å². The first-order chi connectivity index (χ1) is 57.9. The number of esters is 6. The van der Waals surface area contributed by atoms with Crippen LogP contribution in [0.1, 0.15) is 169 Å². The third-order valence-electron chi connectivity index (χ3n) is 28.8. The summed E-state index contributed by atoms with van der Waals surface area (Å²) >= 11 is 0. The largest absolute Gasteiger partial charge is 0.456 e. The van der Waals surface area contributed by atoms with E-state index in [1.54, 1.807) is 114 Å². The first kappa shape index (κ1) is 90.3. The molecule has 9 fully saturated rings. The number of carbonyl (C=O) groups is 8. The van der Waals surface area contributed by atoms with Crippen molar-refractivity contribution in [2.75, 3.05) is 32.9 Å². The van der Waals surface area contributed by atoms with Crippen LogP contribution in [0.2, 0.25) is 0 Å². The van der Waals surface area contributed by atoms with Crippen molar-refractivity contribution in [1.82, 2.24) is 15.5 Å². The lowest BCUT2D eigenvalue weighted by atomic mass is 9.45. The van der Waals surface area contributed by atoms with Crippen LogP contribution in [0.4, 0.5) is 17.6 Å². The molecule has 4 bridgehead atoms. The van der Waals surface area contributed by atoms with Gasteiger partial charge in [-0.25, -0.2) is 36.7 Å². The highest BCUT2D eigenvalue weighted by atomic mass is 19.3. The second-order valence-corrected chi connectivity index (χ2v) is 36.6. The van der Waals surface area contributed by atoms with Gasteiger partial charge in [0, 0.05) is 78.6 Å². The van der Waals surface area contributed by atoms with E-state index in [9.17, 15) is 81.5 Å². The Kier molecular flexibility index (Phi) is 24.6. The summed E-state index contributed by atoms with van der Waals surface area (Å²) in [7, 11) is 0. The summed E-state index contributed by atoms with van der Waals surface area (Å²) in [5.41, 5.74) is -16.3. The standard InChI is InChI=1S/C47H58F2N2O13.C44H51F2NO12/c1-25-30(60-42(56)45(6,57)36(39(48)49)50-40(54)27-13-9-7-10-14-27)21-47(58)38(63-41(55)28-15-11-8-12-16-28)35-44(5,19-17-31-46(35,24-59-31)64-26(2)53)37-34(33(25)43(47,3)4)61-32(62-37)22-51-20-18-29(51)23-52;1-8-29-56-31-30-23(2)27(55-39(51)42(7,52)33(36(45)46)47-37(49)25-15-11-9-12-16-25)21-44(53,40(30,4)5)35(58-38(50)26-17-13-10-14-18-26)32-41(6,34(31)57-29)20-19-28-43(32,22-54-28)59-24(3)48/h7-16,29-32,34-39,52,57-58H,17-24H2,1-6H3,(H,50,54);8-18,27-29,31-36,52-53H,1,19-22H2,2-7H3,(H,47,49)/t29-,30-,31+,32+,34+,35-,36-,37+,38-,44+,45+,46-,47+;27-,28+,29+,31+,32-,33-,34+,35-,41+,42+,43-,44+/m00/s1. The van der Waals surface area contributed by atoms with Gasteiger partial charge in [-0.15, -0.1) is 0 Å². The fourth-order valence-electron chi connectivity index (χ4n) is 21.9. The third kappa shape index (κ3) is 15.3. The molecule has 2 amide bonds. The SMILES string of the molecule is C=C[C@@H]1O[C@@H]2C3=C(C)[C@@H](OC(=O)[C@](C)(O)[C@@H](NC(=O)c4ccccc4)C(F)F)C[C@@](O)([C@@H](OC(=O)c4ccccc4)[C@H]4[C@@](C)(CC[C@H]5OC[C@]54OC(C)=O)[C@@H]2O1)C3(C)C.CC(=O)O[C@@]12CO[C@@H]1CC[C@@]1(C)[C@@H]3O[C@H](CN4CC[C@H]4CO)O[C@@H]3C3=C(C)[C@@H](OC(=O)[C@](C)(O)[C@@H](NC(=O)c4ccccc4)C(F)F)C[C@@](O)([C@@H](OC(=O)c4ccccc4)[C@@H]12)C3(C)C. The van der Waals surface area contributed by atoms with E-state index in [4.69, 9.17) is 56.8 Å². The lowest BCUT2D eigenvalue weighted by Crippen LogP contribution is -2.79. The number of aliphatic hydroxyl groups excluding tert-OH is 1. The zero-order chi connectivity index (χ0) is 89.0. The minimum absolute atomic E-state index is 0.0128. The minimum Gasteiger partial charge on any atom is -0.456 e. The molecule has 4 saturated carbocycles. The Balaban J connectivity index is 0.000000201. The maximum absolute atomic E-state index is 14.8. The quantitative estimate of drug-likeness (QED) is 0.0167. The van der Waals surface area contributed by atoms with Crippen molar-refractivity contribution >= 4 is 47.6 Å². The molecule has 32 heteroatoms. The molecule has 123 heavy (non-hydrogen) atoms. The number of fused-ring (bicyclic) bond motifs is 16. The summed E-state index contributed by atoms with van der Waals surface area (Å²) < 4.78 is 136. The number of rotatable bonds is 22. The topological polar surface area (TPSA) is 376 Å². The fraction of sp³-hybridized carbons (Fsp3) is 0.582. The predicted molar refractivity (Wildman–Crippen MR) is 426 cm³/mol. The molecule has 0 radical (unpaired) electrons. The summed E-state index contributed by atoms with van der Waals surface area (Å²) in [5.74, 6) is -9.91. The van der Waals surface area contributed by atoms with Crippen LogP contribution in [0.15, 0.2) is 156 Å². The van der Waals surface area contributed by atoms with Crippen LogP contribution >= 0.6 is 0 Å². The van der Waals surface area contributed by atoms with Gasteiger partial charge in [-0.3, -0.25) is 24.1 Å². The second-order valence-electron chi connectivity index (χ2n) is 36.6. The first-order valence-electron chi connectivity index (χ1n) is 41.7. The predicted octanol–water partition coefficient (Wildman–Crippen LogP) is 8.57. The van der Waals surface area contributed by atoms with E-state index < -0.39 is 226 Å². The highest BCUT2D eigenvalue weighted by Gasteiger charge is 2.80. The van der Waals surface area contributed by atoms with E-state index in [-0.39, 0.29) is 54.7 Å². The number of benzene rings is 4. The molecule has 15 rings (SSSR count). The van der Waals surface area contributed by atoms with Gasteiger partial charge in [-0.05, 0) is 137 Å². The van der Waals surface area contributed by atoms with E-state index in [0.29, 0.717) is 54.5 Å². The van der Waals surface area contributed by atoms with Crippen molar-refractivity contribution in [2.24, 2.45) is 33.5 Å². The molecule has 4 aromatic rings. The zero-order valence-corrected chi connectivity index (χ0v) is 70.6. The molecular formula is C91H109F4N3O25. The van der Waals surface area contributed by atoms with E-state index in [0.717, 1.165) is 20.3 Å². The van der Waals surface area contributed by atoms with Crippen LogP contribution < -0.4 is 10.6 Å². The van der Waals surface area contributed by atoms with Crippen LogP contribution in [-0.4, -0.2) is 249 Å². The Morgan fingerprint density at radius 1 is 0.553 bits per heavy atom. The number of hydrogen-bond donors (Lipinski definition) is 7. The van der Waals surface area contributed by atoms with Gasteiger partial charge in [0.2, 0.25) is 0 Å². The fourth-order valence-corrected chi connectivity index (χ4v) is 21.9. The van der Waals surface area contributed by atoms with Crippen LogP contribution in [0.5, 0.6) is 0 Å². The van der Waals surface area contributed by atoms with Gasteiger partial charge >= 0.3 is 35.8 Å². The Bertz CT molecular complexity index is 4770. The smallest absolute Gasteiger partial charge is 0.340 e. The average Bonchev–Trinajstić information content (AvgIpc) is 1.64. The zero-order valence-electron chi connectivity index (χ0n) is 70.6. The van der Waals surface area contributed by atoms with Crippen molar-refractivity contribution in [1.29, 1.82) is 0 Å². The molecule has 5 aliphatic heterocycles. The van der Waals surface area contributed by atoms with Crippen LogP contribution in [0, 0.1) is 33.5 Å². The number of halogens is 4. The number of hydrogen-bond acceptors (Lipinski definition) is 26.